The van der Waals surface area contributed by atoms with Gasteiger partial charge in [0, 0.05) is 19.1 Å². The summed E-state index contributed by atoms with van der Waals surface area (Å²) < 4.78 is 29.1. The van der Waals surface area contributed by atoms with Crippen LogP contribution >= 0.6 is 0 Å². The molecule has 6 nitrogen and oxygen atoms in total. The normalized spacial score (nSPS) is 12.1. The van der Waals surface area contributed by atoms with Gasteiger partial charge in [-0.1, -0.05) is 42.5 Å². The molecule has 5 N–H and O–H groups in total. The number of imidazole rings is 1. The maximum absolute atomic E-state index is 13.8. The van der Waals surface area contributed by atoms with Gasteiger partial charge in [-0.25, -0.2) is 13.8 Å². The van der Waals surface area contributed by atoms with Gasteiger partial charge in [0.2, 0.25) is 0 Å². The molecule has 0 aliphatic carbocycles. The van der Waals surface area contributed by atoms with E-state index in [1.54, 1.807) is 12.1 Å². The lowest BCUT2D eigenvalue weighted by atomic mass is 10.0. The lowest BCUT2D eigenvalue weighted by Crippen LogP contribution is -2.38. The Morgan fingerprint density at radius 1 is 1.00 bits per heavy atom. The van der Waals surface area contributed by atoms with Crippen molar-refractivity contribution >= 4 is 16.9 Å². The maximum atomic E-state index is 13.8. The lowest BCUT2D eigenvalue weighted by molar-refractivity contribution is 0.0937. The number of nitrogens with one attached hydrogen (secondary N) is 1. The summed E-state index contributed by atoms with van der Waals surface area (Å²) in [4.78, 5) is 17.6. The molecule has 1 atom stereocenters. The second-order valence-electron chi connectivity index (χ2n) is 8.24. The second kappa shape index (κ2) is 10.5. The summed E-state index contributed by atoms with van der Waals surface area (Å²) in [7, 11) is 0. The van der Waals surface area contributed by atoms with E-state index in [4.69, 9.17) is 11.5 Å². The molecule has 0 fully saturated rings. The average molecular weight is 464 g/mol. The number of carbonyl (C=O) groups excluding carboxylic acids is 1. The van der Waals surface area contributed by atoms with Crippen LogP contribution in [0.4, 0.5) is 8.78 Å². The van der Waals surface area contributed by atoms with E-state index >= 15 is 0 Å². The predicted molar refractivity (Wildman–Crippen MR) is 129 cm³/mol. The average Bonchev–Trinajstić information content (AvgIpc) is 3.21. The van der Waals surface area contributed by atoms with Crippen LogP contribution in [0.5, 0.6) is 0 Å². The zero-order valence-electron chi connectivity index (χ0n) is 18.7. The summed E-state index contributed by atoms with van der Waals surface area (Å²) in [6, 6.07) is 18.7. The monoisotopic (exact) mass is 463 g/mol. The van der Waals surface area contributed by atoms with E-state index in [9.17, 15) is 13.6 Å². The van der Waals surface area contributed by atoms with Crippen LogP contribution < -0.4 is 16.8 Å². The van der Waals surface area contributed by atoms with Crippen molar-refractivity contribution in [1.82, 2.24) is 14.9 Å². The van der Waals surface area contributed by atoms with Gasteiger partial charge in [0.15, 0.2) is 17.5 Å². The van der Waals surface area contributed by atoms with Crippen LogP contribution in [0.15, 0.2) is 66.7 Å². The number of halogens is 2. The van der Waals surface area contributed by atoms with Crippen LogP contribution in [0.1, 0.15) is 29.0 Å². The Kier molecular flexibility index (Phi) is 7.30. The van der Waals surface area contributed by atoms with Gasteiger partial charge in [-0.3, -0.25) is 4.79 Å². The quantitative estimate of drug-likeness (QED) is 0.351. The SMILES string of the molecule is NCCCC(N)CNC(=O)c1nc2ccc(-c3ccc(F)c(F)c3)cc2n1Cc1ccccc1. The highest BCUT2D eigenvalue weighted by atomic mass is 19.2. The van der Waals surface area contributed by atoms with Crippen molar-refractivity contribution in [1.29, 1.82) is 0 Å². The number of nitrogens with zero attached hydrogens (tertiary/aromatic N) is 2. The first-order valence-corrected chi connectivity index (χ1v) is 11.2. The Morgan fingerprint density at radius 2 is 1.74 bits per heavy atom. The molecule has 0 aliphatic rings. The Bertz CT molecular complexity index is 1290. The maximum Gasteiger partial charge on any atom is 0.287 e. The third kappa shape index (κ3) is 5.30. The summed E-state index contributed by atoms with van der Waals surface area (Å²) in [5.41, 5.74) is 15.2. The number of rotatable bonds is 9. The van der Waals surface area contributed by atoms with E-state index in [-0.39, 0.29) is 17.8 Å². The summed E-state index contributed by atoms with van der Waals surface area (Å²) in [6.07, 6.45) is 1.51. The van der Waals surface area contributed by atoms with E-state index in [1.807, 2.05) is 41.0 Å². The van der Waals surface area contributed by atoms with E-state index < -0.39 is 11.6 Å². The Balaban J connectivity index is 1.71. The van der Waals surface area contributed by atoms with Crippen molar-refractivity contribution in [3.63, 3.8) is 0 Å². The summed E-state index contributed by atoms with van der Waals surface area (Å²) >= 11 is 0. The predicted octanol–water partition coefficient (Wildman–Crippen LogP) is 3.83. The molecule has 0 aliphatic heterocycles. The van der Waals surface area contributed by atoms with Crippen molar-refractivity contribution in [3.8, 4) is 11.1 Å². The van der Waals surface area contributed by atoms with Gasteiger partial charge < -0.3 is 21.4 Å². The van der Waals surface area contributed by atoms with Gasteiger partial charge in [-0.15, -0.1) is 0 Å². The number of fused-ring (bicyclic) bond motifs is 1. The Morgan fingerprint density at radius 3 is 2.47 bits per heavy atom. The first-order chi connectivity index (χ1) is 16.5. The van der Waals surface area contributed by atoms with Gasteiger partial charge in [0.25, 0.3) is 5.91 Å². The van der Waals surface area contributed by atoms with Gasteiger partial charge in [-0.2, -0.15) is 0 Å². The van der Waals surface area contributed by atoms with Gasteiger partial charge >= 0.3 is 0 Å². The molecule has 3 aromatic carbocycles. The Hall–Kier alpha value is -3.62. The third-order valence-corrected chi connectivity index (χ3v) is 5.69. The molecule has 176 valence electrons. The molecule has 1 amide bonds. The minimum atomic E-state index is -0.915. The van der Waals surface area contributed by atoms with Crippen molar-refractivity contribution in [2.45, 2.75) is 25.4 Å². The van der Waals surface area contributed by atoms with Crippen molar-refractivity contribution < 1.29 is 13.6 Å². The topological polar surface area (TPSA) is 99.0 Å². The molecular formula is C26H27F2N5O. The molecule has 1 unspecified atom stereocenters. The van der Waals surface area contributed by atoms with Crippen LogP contribution in [0.3, 0.4) is 0 Å². The fourth-order valence-electron chi connectivity index (χ4n) is 3.86. The van der Waals surface area contributed by atoms with E-state index in [0.29, 0.717) is 41.8 Å². The summed E-state index contributed by atoms with van der Waals surface area (Å²) in [5, 5.41) is 2.88. The molecule has 0 saturated heterocycles. The smallest absolute Gasteiger partial charge is 0.287 e. The van der Waals surface area contributed by atoms with Crippen LogP contribution in [0.2, 0.25) is 0 Å². The molecule has 4 aromatic rings. The highest BCUT2D eigenvalue weighted by Crippen LogP contribution is 2.27. The van der Waals surface area contributed by atoms with E-state index in [2.05, 4.69) is 10.3 Å². The minimum absolute atomic E-state index is 0.195. The van der Waals surface area contributed by atoms with Crippen molar-refractivity contribution in [2.24, 2.45) is 11.5 Å². The second-order valence-corrected chi connectivity index (χ2v) is 8.24. The standard InChI is InChI=1S/C26H27F2N5O/c27-21-10-8-18(13-22(21)28)19-9-11-23-24(14-19)33(16-17-5-2-1-3-6-17)25(32-23)26(34)31-15-20(30)7-4-12-29/h1-3,5-6,8-11,13-14,20H,4,7,12,15-16,29-30H2,(H,31,34). The molecule has 0 spiro atoms. The number of benzene rings is 3. The van der Waals surface area contributed by atoms with Crippen LogP contribution in [-0.4, -0.2) is 34.6 Å². The van der Waals surface area contributed by atoms with Gasteiger partial charge in [-0.05, 0) is 60.3 Å². The molecule has 34 heavy (non-hydrogen) atoms. The highest BCUT2D eigenvalue weighted by Gasteiger charge is 2.19. The molecular weight excluding hydrogens is 436 g/mol. The molecule has 8 heteroatoms. The fraction of sp³-hybridized carbons (Fsp3) is 0.231. The first-order valence-electron chi connectivity index (χ1n) is 11.2. The van der Waals surface area contributed by atoms with Gasteiger partial charge in [0.05, 0.1) is 11.0 Å². The highest BCUT2D eigenvalue weighted by molar-refractivity contribution is 5.95. The summed E-state index contributed by atoms with van der Waals surface area (Å²) in [6.45, 7) is 1.28. The number of nitrogens with two attached hydrogens (primary N) is 2. The number of amides is 1. The Labute approximate surface area is 196 Å². The van der Waals surface area contributed by atoms with Crippen LogP contribution in [-0.2, 0) is 6.54 Å². The fourth-order valence-corrected chi connectivity index (χ4v) is 3.86. The van der Waals surface area contributed by atoms with Gasteiger partial charge in [0.1, 0.15) is 0 Å². The van der Waals surface area contributed by atoms with E-state index in [1.165, 1.54) is 6.07 Å². The lowest BCUT2D eigenvalue weighted by Gasteiger charge is -2.13. The first kappa shape index (κ1) is 23.5. The molecule has 1 aromatic heterocycles. The molecule has 0 bridgehead atoms. The van der Waals surface area contributed by atoms with Crippen molar-refractivity contribution in [2.75, 3.05) is 13.1 Å². The van der Waals surface area contributed by atoms with Crippen molar-refractivity contribution in [3.05, 3.63) is 89.8 Å². The summed E-state index contributed by atoms with van der Waals surface area (Å²) in [5.74, 6) is -1.89. The zero-order chi connectivity index (χ0) is 24.1. The van der Waals surface area contributed by atoms with Crippen LogP contribution in [0.25, 0.3) is 22.2 Å². The van der Waals surface area contributed by atoms with Crippen LogP contribution in [0, 0.1) is 11.6 Å². The zero-order valence-corrected chi connectivity index (χ0v) is 18.7. The number of hydrogen-bond acceptors (Lipinski definition) is 4. The largest absolute Gasteiger partial charge is 0.348 e. The molecule has 0 radical (unpaired) electrons. The molecule has 0 saturated carbocycles. The molecule has 4 rings (SSSR count). The minimum Gasteiger partial charge on any atom is -0.348 e. The van der Waals surface area contributed by atoms with E-state index in [0.717, 1.165) is 30.5 Å². The number of carbonyl (C=O) groups is 1. The third-order valence-electron chi connectivity index (χ3n) is 5.69. The number of hydrogen-bond donors (Lipinski definition) is 3. The number of aromatic nitrogens is 2. The molecule has 1 heterocycles.